The molecule has 17 heavy (non-hydrogen) atoms. The van der Waals surface area contributed by atoms with E-state index in [1.807, 2.05) is 31.3 Å². The van der Waals surface area contributed by atoms with Gasteiger partial charge in [-0.15, -0.1) is 0 Å². The van der Waals surface area contributed by atoms with Crippen molar-refractivity contribution in [3.63, 3.8) is 0 Å². The summed E-state index contributed by atoms with van der Waals surface area (Å²) in [7, 11) is 0. The maximum Gasteiger partial charge on any atom is 0.224 e. The topological polar surface area (TPSA) is 84.9 Å². The number of fused-ring (bicyclic) bond motifs is 1. The summed E-state index contributed by atoms with van der Waals surface area (Å²) in [6, 6.07) is 5.93. The van der Waals surface area contributed by atoms with Crippen molar-refractivity contribution >= 4 is 16.8 Å². The normalized spacial score (nSPS) is 12.8. The molecule has 0 saturated heterocycles. The van der Waals surface area contributed by atoms with E-state index in [4.69, 9.17) is 11.5 Å². The molecule has 90 valence electrons. The van der Waals surface area contributed by atoms with Crippen molar-refractivity contribution in [2.45, 2.75) is 19.3 Å². The largest absolute Gasteiger partial charge is 0.369 e. The number of amides is 1. The monoisotopic (exact) mass is 231 g/mol. The van der Waals surface area contributed by atoms with E-state index in [-0.39, 0.29) is 11.8 Å². The van der Waals surface area contributed by atoms with Crippen LogP contribution in [0.2, 0.25) is 0 Å². The van der Waals surface area contributed by atoms with Gasteiger partial charge in [-0.05, 0) is 43.1 Å². The Morgan fingerprint density at radius 3 is 2.88 bits per heavy atom. The number of nitrogens with one attached hydrogen (secondary N) is 1. The molecular weight excluding hydrogens is 214 g/mol. The number of hydrogen-bond acceptors (Lipinski definition) is 2. The number of hydrogen-bond donors (Lipinski definition) is 3. The number of aromatic nitrogens is 1. The molecule has 0 radical (unpaired) electrons. The van der Waals surface area contributed by atoms with Gasteiger partial charge >= 0.3 is 0 Å². The molecular formula is C13H17N3O. The number of benzene rings is 1. The third-order valence-electron chi connectivity index (χ3n) is 3.13. The Kier molecular flexibility index (Phi) is 3.15. The molecule has 1 heterocycles. The first-order valence-corrected chi connectivity index (χ1v) is 5.72. The highest BCUT2D eigenvalue weighted by Crippen LogP contribution is 2.24. The lowest BCUT2D eigenvalue weighted by Crippen LogP contribution is -2.18. The van der Waals surface area contributed by atoms with Crippen LogP contribution in [0.4, 0.5) is 0 Å². The van der Waals surface area contributed by atoms with Gasteiger partial charge in [0.25, 0.3) is 0 Å². The van der Waals surface area contributed by atoms with Gasteiger partial charge in [-0.2, -0.15) is 0 Å². The molecule has 0 saturated carbocycles. The van der Waals surface area contributed by atoms with Crippen LogP contribution in [0.3, 0.4) is 0 Å². The summed E-state index contributed by atoms with van der Waals surface area (Å²) < 4.78 is 0. The molecule has 0 aliphatic rings. The fourth-order valence-electron chi connectivity index (χ4n) is 1.99. The van der Waals surface area contributed by atoms with Crippen molar-refractivity contribution in [1.82, 2.24) is 4.98 Å². The second-order valence-electron chi connectivity index (χ2n) is 4.28. The molecule has 1 aromatic carbocycles. The van der Waals surface area contributed by atoms with Crippen LogP contribution in [0, 0.1) is 0 Å². The zero-order valence-corrected chi connectivity index (χ0v) is 9.86. The lowest BCUT2D eigenvalue weighted by atomic mass is 9.98. The summed E-state index contributed by atoms with van der Waals surface area (Å²) in [5, 5.41) is 1.13. The van der Waals surface area contributed by atoms with Crippen molar-refractivity contribution < 1.29 is 4.79 Å². The van der Waals surface area contributed by atoms with Crippen LogP contribution in [0.5, 0.6) is 0 Å². The van der Waals surface area contributed by atoms with Gasteiger partial charge in [0.1, 0.15) is 0 Å². The van der Waals surface area contributed by atoms with E-state index >= 15 is 0 Å². The van der Waals surface area contributed by atoms with E-state index in [1.54, 1.807) is 0 Å². The molecule has 0 spiro atoms. The van der Waals surface area contributed by atoms with Crippen LogP contribution in [-0.2, 0) is 11.2 Å². The second kappa shape index (κ2) is 4.59. The quantitative estimate of drug-likeness (QED) is 0.740. The summed E-state index contributed by atoms with van der Waals surface area (Å²) in [5.74, 6) is -0.569. The minimum absolute atomic E-state index is 0.264. The van der Waals surface area contributed by atoms with Crippen LogP contribution in [0.15, 0.2) is 24.4 Å². The zero-order chi connectivity index (χ0) is 12.4. The van der Waals surface area contributed by atoms with Gasteiger partial charge in [0.05, 0.1) is 5.92 Å². The first-order valence-electron chi connectivity index (χ1n) is 5.72. The van der Waals surface area contributed by atoms with Gasteiger partial charge in [-0.3, -0.25) is 4.79 Å². The molecule has 0 aliphatic carbocycles. The number of carbonyl (C=O) groups is 1. The van der Waals surface area contributed by atoms with Crippen molar-refractivity contribution in [1.29, 1.82) is 0 Å². The lowest BCUT2D eigenvalue weighted by Gasteiger charge is -2.08. The molecule has 0 bridgehead atoms. The van der Waals surface area contributed by atoms with Crippen LogP contribution < -0.4 is 11.5 Å². The number of rotatable bonds is 4. The number of nitrogens with two attached hydrogens (primary N) is 2. The van der Waals surface area contributed by atoms with Gasteiger partial charge in [0.2, 0.25) is 5.91 Å². The number of H-pyrrole nitrogens is 1. The first-order chi connectivity index (χ1) is 8.13. The molecule has 5 N–H and O–H groups in total. The predicted octanol–water partition coefficient (Wildman–Crippen LogP) is 1.26. The molecule has 1 unspecified atom stereocenters. The average Bonchev–Trinajstić information content (AvgIpc) is 2.71. The second-order valence-corrected chi connectivity index (χ2v) is 4.28. The standard InChI is InChI=1S/C13H17N3O/c1-8(13(15)17)9-2-3-12-11(6-9)10(4-5-14)7-16-12/h2-3,6-8,16H,4-5,14H2,1H3,(H2,15,17). The van der Waals surface area contributed by atoms with Crippen LogP contribution in [0.1, 0.15) is 24.0 Å². The number of aromatic amines is 1. The molecule has 1 atom stereocenters. The molecule has 4 nitrogen and oxygen atoms in total. The lowest BCUT2D eigenvalue weighted by molar-refractivity contribution is -0.119. The highest BCUT2D eigenvalue weighted by atomic mass is 16.1. The Labute approximate surface area is 100.0 Å². The van der Waals surface area contributed by atoms with Gasteiger partial charge in [-0.1, -0.05) is 6.07 Å². The Morgan fingerprint density at radius 1 is 1.47 bits per heavy atom. The summed E-state index contributed by atoms with van der Waals surface area (Å²) in [4.78, 5) is 14.4. The fourth-order valence-corrected chi connectivity index (χ4v) is 1.99. The highest BCUT2D eigenvalue weighted by Gasteiger charge is 2.13. The molecule has 0 fully saturated rings. The minimum atomic E-state index is -0.305. The van der Waals surface area contributed by atoms with E-state index < -0.39 is 0 Å². The smallest absolute Gasteiger partial charge is 0.224 e. The Balaban J connectivity index is 2.47. The number of carbonyl (C=O) groups excluding carboxylic acids is 1. The third-order valence-corrected chi connectivity index (χ3v) is 3.13. The predicted molar refractivity (Wildman–Crippen MR) is 68.7 cm³/mol. The van der Waals surface area contributed by atoms with E-state index in [0.717, 1.165) is 22.9 Å². The molecule has 2 aromatic rings. The average molecular weight is 231 g/mol. The Bertz CT molecular complexity index is 545. The Hall–Kier alpha value is -1.81. The molecule has 2 rings (SSSR count). The van der Waals surface area contributed by atoms with Crippen molar-refractivity contribution in [2.24, 2.45) is 11.5 Å². The third kappa shape index (κ3) is 2.17. The molecule has 0 aliphatic heterocycles. The van der Waals surface area contributed by atoms with Crippen molar-refractivity contribution in [3.05, 3.63) is 35.5 Å². The van der Waals surface area contributed by atoms with Gasteiger partial charge in [0.15, 0.2) is 0 Å². The van der Waals surface area contributed by atoms with E-state index in [2.05, 4.69) is 4.98 Å². The number of primary amides is 1. The maximum absolute atomic E-state index is 11.2. The van der Waals surface area contributed by atoms with Gasteiger partial charge in [-0.25, -0.2) is 0 Å². The summed E-state index contributed by atoms with van der Waals surface area (Å²) in [5.41, 5.74) is 14.1. The van der Waals surface area contributed by atoms with E-state index in [9.17, 15) is 4.79 Å². The molecule has 4 heteroatoms. The first kappa shape index (κ1) is 11.7. The van der Waals surface area contributed by atoms with Crippen molar-refractivity contribution in [2.75, 3.05) is 6.54 Å². The fraction of sp³-hybridized carbons (Fsp3) is 0.308. The highest BCUT2D eigenvalue weighted by molar-refractivity contribution is 5.87. The van der Waals surface area contributed by atoms with Crippen LogP contribution in [0.25, 0.3) is 10.9 Å². The zero-order valence-electron chi connectivity index (χ0n) is 9.86. The van der Waals surface area contributed by atoms with Crippen molar-refractivity contribution in [3.8, 4) is 0 Å². The van der Waals surface area contributed by atoms with Crippen LogP contribution >= 0.6 is 0 Å². The summed E-state index contributed by atoms with van der Waals surface area (Å²) in [6.45, 7) is 2.43. The van der Waals surface area contributed by atoms with E-state index in [1.165, 1.54) is 5.56 Å². The maximum atomic E-state index is 11.2. The SMILES string of the molecule is CC(C(N)=O)c1ccc2[nH]cc(CCN)c2c1. The van der Waals surface area contributed by atoms with E-state index in [0.29, 0.717) is 6.54 Å². The van der Waals surface area contributed by atoms with Gasteiger partial charge in [0, 0.05) is 17.1 Å². The summed E-state index contributed by atoms with van der Waals surface area (Å²) >= 11 is 0. The van der Waals surface area contributed by atoms with Gasteiger partial charge < -0.3 is 16.5 Å². The minimum Gasteiger partial charge on any atom is -0.369 e. The Morgan fingerprint density at radius 2 is 2.24 bits per heavy atom. The van der Waals surface area contributed by atoms with Crippen LogP contribution in [-0.4, -0.2) is 17.4 Å². The molecule has 1 amide bonds. The molecule has 1 aromatic heterocycles. The summed E-state index contributed by atoms with van der Waals surface area (Å²) in [6.07, 6.45) is 2.80.